The smallest absolute Gasteiger partial charge is 0.410 e. The molecule has 24 heavy (non-hydrogen) atoms. The number of benzene rings is 1. The zero-order chi connectivity index (χ0) is 18.1. The number of Topliss-reactive ketones (excluding diaryl/α,β-unsaturated/α-hetero) is 1. The fourth-order valence-electron chi connectivity index (χ4n) is 3.12. The Hall–Kier alpha value is -2.04. The van der Waals surface area contributed by atoms with E-state index in [1.54, 1.807) is 6.92 Å². The van der Waals surface area contributed by atoms with E-state index in [9.17, 15) is 9.59 Å². The monoisotopic (exact) mass is 332 g/mol. The zero-order valence-corrected chi connectivity index (χ0v) is 15.5. The number of hydrogen-bond donors (Lipinski definition) is 0. The molecular formula is C19H28N2O3. The van der Waals surface area contributed by atoms with Gasteiger partial charge in [0.05, 0.1) is 12.1 Å². The minimum Gasteiger partial charge on any atom is -0.444 e. The molecule has 0 saturated carbocycles. The number of amides is 1. The SMILES string of the molecule is CC(=O)c1ccc(N2CC(C)N(C(=O)OC(C)(C)C)C(C)C2)cc1. The summed E-state index contributed by atoms with van der Waals surface area (Å²) < 4.78 is 5.53. The van der Waals surface area contributed by atoms with Gasteiger partial charge in [0.1, 0.15) is 5.60 Å². The second kappa shape index (κ2) is 6.83. The Morgan fingerprint density at radius 1 is 1.04 bits per heavy atom. The minimum atomic E-state index is -0.490. The molecule has 1 aliphatic rings. The maximum absolute atomic E-state index is 12.4. The summed E-state index contributed by atoms with van der Waals surface area (Å²) in [5, 5.41) is 0. The predicted molar refractivity (Wildman–Crippen MR) is 95.7 cm³/mol. The van der Waals surface area contributed by atoms with Crippen LogP contribution in [0.1, 0.15) is 51.9 Å². The molecule has 1 aromatic rings. The van der Waals surface area contributed by atoms with Crippen molar-refractivity contribution in [2.24, 2.45) is 0 Å². The number of nitrogens with zero attached hydrogens (tertiary/aromatic N) is 2. The molecule has 1 aliphatic heterocycles. The van der Waals surface area contributed by atoms with E-state index >= 15 is 0 Å². The Morgan fingerprint density at radius 3 is 1.96 bits per heavy atom. The molecule has 2 rings (SSSR count). The van der Waals surface area contributed by atoms with Gasteiger partial charge in [-0.15, -0.1) is 0 Å². The third-order valence-corrected chi connectivity index (χ3v) is 4.16. The van der Waals surface area contributed by atoms with Crippen LogP contribution in [0.25, 0.3) is 0 Å². The number of carbonyl (C=O) groups excluding carboxylic acids is 2. The number of rotatable bonds is 2. The van der Waals surface area contributed by atoms with Crippen molar-refractivity contribution in [1.82, 2.24) is 4.90 Å². The maximum atomic E-state index is 12.4. The molecule has 1 amide bonds. The van der Waals surface area contributed by atoms with Gasteiger partial charge in [0, 0.05) is 24.3 Å². The lowest BCUT2D eigenvalue weighted by molar-refractivity contribution is 0.00565. The van der Waals surface area contributed by atoms with E-state index in [0.717, 1.165) is 18.8 Å². The van der Waals surface area contributed by atoms with Gasteiger partial charge in [-0.05, 0) is 65.8 Å². The van der Waals surface area contributed by atoms with Crippen LogP contribution < -0.4 is 4.90 Å². The lowest BCUT2D eigenvalue weighted by atomic mass is 10.1. The molecule has 0 bridgehead atoms. The van der Waals surface area contributed by atoms with Gasteiger partial charge < -0.3 is 9.64 Å². The van der Waals surface area contributed by atoms with Gasteiger partial charge in [-0.25, -0.2) is 4.79 Å². The molecule has 1 aromatic carbocycles. The van der Waals surface area contributed by atoms with Gasteiger partial charge in [-0.2, -0.15) is 0 Å². The van der Waals surface area contributed by atoms with Crippen molar-refractivity contribution in [3.63, 3.8) is 0 Å². The fraction of sp³-hybridized carbons (Fsp3) is 0.579. The minimum absolute atomic E-state index is 0.0519. The van der Waals surface area contributed by atoms with Crippen molar-refractivity contribution in [3.05, 3.63) is 29.8 Å². The number of ketones is 1. The van der Waals surface area contributed by atoms with Gasteiger partial charge in [0.15, 0.2) is 5.78 Å². The summed E-state index contributed by atoms with van der Waals surface area (Å²) in [6.07, 6.45) is -0.255. The normalized spacial score (nSPS) is 21.6. The van der Waals surface area contributed by atoms with E-state index < -0.39 is 5.60 Å². The summed E-state index contributed by atoms with van der Waals surface area (Å²) in [5.41, 5.74) is 1.30. The van der Waals surface area contributed by atoms with Crippen molar-refractivity contribution in [3.8, 4) is 0 Å². The highest BCUT2D eigenvalue weighted by Gasteiger charge is 2.35. The first kappa shape index (κ1) is 18.3. The van der Waals surface area contributed by atoms with Gasteiger partial charge in [-0.1, -0.05) is 0 Å². The standard InChI is InChI=1S/C19H28N2O3/c1-13-11-20(17-9-7-16(8-10-17)15(3)22)12-14(2)21(13)18(23)24-19(4,5)6/h7-10,13-14H,11-12H2,1-6H3. The Morgan fingerprint density at radius 2 is 1.54 bits per heavy atom. The molecule has 5 heteroatoms. The quantitative estimate of drug-likeness (QED) is 0.775. The topological polar surface area (TPSA) is 49.9 Å². The van der Waals surface area contributed by atoms with Gasteiger partial charge in [0.25, 0.3) is 0 Å². The Kier molecular flexibility index (Phi) is 5.21. The maximum Gasteiger partial charge on any atom is 0.410 e. The Balaban J connectivity index is 2.09. The number of carbonyl (C=O) groups is 2. The zero-order valence-electron chi connectivity index (χ0n) is 15.5. The molecule has 1 fully saturated rings. The molecule has 132 valence electrons. The number of anilines is 1. The predicted octanol–water partition coefficient (Wildman–Crippen LogP) is 3.72. The van der Waals surface area contributed by atoms with E-state index in [-0.39, 0.29) is 24.0 Å². The molecule has 0 aliphatic carbocycles. The third-order valence-electron chi connectivity index (χ3n) is 4.16. The second-order valence-corrected chi connectivity index (χ2v) is 7.59. The van der Waals surface area contributed by atoms with Crippen molar-refractivity contribution in [2.75, 3.05) is 18.0 Å². The second-order valence-electron chi connectivity index (χ2n) is 7.59. The molecule has 5 nitrogen and oxygen atoms in total. The van der Waals surface area contributed by atoms with Crippen LogP contribution in [0.3, 0.4) is 0 Å². The van der Waals surface area contributed by atoms with E-state index in [0.29, 0.717) is 5.56 Å². The van der Waals surface area contributed by atoms with Crippen molar-refractivity contribution < 1.29 is 14.3 Å². The summed E-state index contributed by atoms with van der Waals surface area (Å²) in [4.78, 5) is 27.9. The summed E-state index contributed by atoms with van der Waals surface area (Å²) >= 11 is 0. The summed E-state index contributed by atoms with van der Waals surface area (Å²) in [6.45, 7) is 12.8. The highest BCUT2D eigenvalue weighted by atomic mass is 16.6. The average Bonchev–Trinajstić information content (AvgIpc) is 2.44. The molecule has 2 atom stereocenters. The molecular weight excluding hydrogens is 304 g/mol. The van der Waals surface area contributed by atoms with Crippen LogP contribution in [0.4, 0.5) is 10.5 Å². The summed E-state index contributed by atoms with van der Waals surface area (Å²) in [6, 6.07) is 7.76. The Bertz CT molecular complexity index is 592. The Labute approximate surface area is 144 Å². The van der Waals surface area contributed by atoms with E-state index in [4.69, 9.17) is 4.74 Å². The molecule has 1 heterocycles. The van der Waals surface area contributed by atoms with Crippen molar-refractivity contribution in [2.45, 2.75) is 59.2 Å². The highest BCUT2D eigenvalue weighted by molar-refractivity contribution is 5.94. The lowest BCUT2D eigenvalue weighted by Crippen LogP contribution is -2.59. The number of ether oxygens (including phenoxy) is 1. The van der Waals surface area contributed by atoms with Gasteiger partial charge in [-0.3, -0.25) is 9.69 Å². The van der Waals surface area contributed by atoms with Crippen LogP contribution in [0.5, 0.6) is 0 Å². The van der Waals surface area contributed by atoms with Crippen LogP contribution in [-0.4, -0.2) is 47.6 Å². The number of piperazine rings is 1. The first-order chi connectivity index (χ1) is 11.1. The van der Waals surface area contributed by atoms with Crippen LogP contribution in [0.15, 0.2) is 24.3 Å². The molecule has 1 saturated heterocycles. The van der Waals surface area contributed by atoms with Crippen LogP contribution in [-0.2, 0) is 4.74 Å². The molecule has 0 spiro atoms. The molecule has 0 N–H and O–H groups in total. The van der Waals surface area contributed by atoms with E-state index in [1.807, 2.05) is 63.8 Å². The third kappa shape index (κ3) is 4.28. The first-order valence-corrected chi connectivity index (χ1v) is 8.46. The lowest BCUT2D eigenvalue weighted by Gasteiger charge is -2.45. The molecule has 0 radical (unpaired) electrons. The average molecular weight is 332 g/mol. The largest absolute Gasteiger partial charge is 0.444 e. The highest BCUT2D eigenvalue weighted by Crippen LogP contribution is 2.24. The summed E-state index contributed by atoms with van der Waals surface area (Å²) in [5.74, 6) is 0.0676. The van der Waals surface area contributed by atoms with Crippen LogP contribution >= 0.6 is 0 Å². The van der Waals surface area contributed by atoms with Crippen LogP contribution in [0, 0.1) is 0 Å². The van der Waals surface area contributed by atoms with Crippen molar-refractivity contribution >= 4 is 17.6 Å². The van der Waals surface area contributed by atoms with E-state index in [2.05, 4.69) is 4.90 Å². The first-order valence-electron chi connectivity index (χ1n) is 8.46. The molecule has 0 aromatic heterocycles. The van der Waals surface area contributed by atoms with Crippen molar-refractivity contribution in [1.29, 1.82) is 0 Å². The fourth-order valence-corrected chi connectivity index (χ4v) is 3.12. The van der Waals surface area contributed by atoms with Crippen LogP contribution in [0.2, 0.25) is 0 Å². The van der Waals surface area contributed by atoms with Gasteiger partial charge >= 0.3 is 6.09 Å². The molecule has 2 unspecified atom stereocenters. The number of hydrogen-bond acceptors (Lipinski definition) is 4. The van der Waals surface area contributed by atoms with Gasteiger partial charge in [0.2, 0.25) is 0 Å². The summed E-state index contributed by atoms with van der Waals surface area (Å²) in [7, 11) is 0. The van der Waals surface area contributed by atoms with E-state index in [1.165, 1.54) is 0 Å².